The molecule has 1 rings (SSSR count). The fraction of sp³-hybridized carbons (Fsp3) is 0.462. The Balaban J connectivity index is 2.82. The molecule has 1 amide bonds. The van der Waals surface area contributed by atoms with Crippen LogP contribution < -0.4 is 5.43 Å². The van der Waals surface area contributed by atoms with E-state index in [9.17, 15) is 14.7 Å². The molecule has 0 aliphatic carbocycles. The van der Waals surface area contributed by atoms with Gasteiger partial charge in [-0.05, 0) is 27.7 Å². The normalized spacial score (nSPS) is 11.9. The van der Waals surface area contributed by atoms with Gasteiger partial charge in [0.05, 0.1) is 12.7 Å². The van der Waals surface area contributed by atoms with Crippen molar-refractivity contribution in [3.05, 3.63) is 24.3 Å². The number of hydrogen-bond acceptors (Lipinski definition) is 6. The second-order valence-corrected chi connectivity index (χ2v) is 5.02. The molecule has 0 fully saturated rings. The second kappa shape index (κ2) is 6.78. The highest BCUT2D eigenvalue weighted by Gasteiger charge is 2.18. The highest BCUT2D eigenvalue weighted by atomic mass is 16.6. The minimum absolute atomic E-state index is 0.0195. The summed E-state index contributed by atoms with van der Waals surface area (Å²) in [7, 11) is 0. The Hall–Kier alpha value is -2.51. The summed E-state index contributed by atoms with van der Waals surface area (Å²) in [5.41, 5.74) is 1.71. The van der Waals surface area contributed by atoms with E-state index in [1.165, 1.54) is 12.4 Å². The van der Waals surface area contributed by atoms with E-state index in [2.05, 4.69) is 15.1 Å². The van der Waals surface area contributed by atoms with E-state index in [0.717, 1.165) is 10.8 Å². The topological polar surface area (TPSA) is 103 Å². The molecule has 0 aromatic carbocycles. The average Bonchev–Trinajstić information content (AvgIpc) is 2.74. The number of aliphatic hydroxyl groups excluding tert-OH is 1. The second-order valence-electron chi connectivity index (χ2n) is 5.02. The first kappa shape index (κ1) is 16.5. The Kier molecular flexibility index (Phi) is 5.34. The van der Waals surface area contributed by atoms with Gasteiger partial charge in [-0.2, -0.15) is 0 Å². The Morgan fingerprint density at radius 3 is 2.71 bits per heavy atom. The summed E-state index contributed by atoms with van der Waals surface area (Å²) < 4.78 is 10.9. The van der Waals surface area contributed by atoms with Gasteiger partial charge in [-0.15, -0.1) is 0 Å². The molecule has 0 bridgehead atoms. The van der Waals surface area contributed by atoms with Gasteiger partial charge in [-0.3, -0.25) is 0 Å². The van der Waals surface area contributed by atoms with Gasteiger partial charge < -0.3 is 14.6 Å². The molecule has 0 spiro atoms. The van der Waals surface area contributed by atoms with Crippen LogP contribution in [-0.4, -0.2) is 39.0 Å². The van der Waals surface area contributed by atoms with E-state index in [0.29, 0.717) is 0 Å². The van der Waals surface area contributed by atoms with Crippen LogP contribution in [0.2, 0.25) is 0 Å². The lowest BCUT2D eigenvalue weighted by molar-refractivity contribution is -0.137. The zero-order valence-electron chi connectivity index (χ0n) is 12.4. The van der Waals surface area contributed by atoms with Gasteiger partial charge in [0.1, 0.15) is 5.60 Å². The third-order valence-electron chi connectivity index (χ3n) is 2.02. The number of rotatable bonds is 4. The number of amides is 1. The number of aliphatic hydroxyl groups is 1. The van der Waals surface area contributed by atoms with Crippen molar-refractivity contribution in [1.82, 2.24) is 9.66 Å². The molecule has 0 unspecified atom stereocenters. The monoisotopic (exact) mass is 297 g/mol. The van der Waals surface area contributed by atoms with Crippen molar-refractivity contribution < 1.29 is 24.2 Å². The molecule has 0 saturated carbocycles. The van der Waals surface area contributed by atoms with Crippen LogP contribution in [0.1, 0.15) is 33.5 Å². The van der Waals surface area contributed by atoms with Crippen molar-refractivity contribution in [2.24, 2.45) is 0 Å². The van der Waals surface area contributed by atoms with Gasteiger partial charge in [0, 0.05) is 12.4 Å². The van der Waals surface area contributed by atoms with Gasteiger partial charge >= 0.3 is 12.1 Å². The fourth-order valence-electron chi connectivity index (χ4n) is 1.34. The summed E-state index contributed by atoms with van der Waals surface area (Å²) in [6.07, 6.45) is 2.90. The number of carbonyl (C=O) groups excluding carboxylic acids is 2. The van der Waals surface area contributed by atoms with Crippen molar-refractivity contribution in [3.8, 4) is 0 Å². The van der Waals surface area contributed by atoms with Gasteiger partial charge in [0.2, 0.25) is 0 Å². The van der Waals surface area contributed by atoms with Crippen molar-refractivity contribution in [2.45, 2.75) is 33.3 Å². The SMILES string of the molecule is CCOC(=O)/C=C(\O)c1nccn1NC(=O)OC(C)(C)C. The van der Waals surface area contributed by atoms with Gasteiger partial charge in [0.15, 0.2) is 11.6 Å². The fourth-order valence-corrected chi connectivity index (χ4v) is 1.34. The first-order valence-electron chi connectivity index (χ1n) is 6.34. The molecule has 0 aliphatic rings. The molecule has 1 aromatic rings. The average molecular weight is 297 g/mol. The van der Waals surface area contributed by atoms with E-state index in [4.69, 9.17) is 4.74 Å². The summed E-state index contributed by atoms with van der Waals surface area (Å²) in [5.74, 6) is -1.16. The first-order chi connectivity index (χ1) is 9.73. The summed E-state index contributed by atoms with van der Waals surface area (Å²) in [6, 6.07) is 0. The quantitative estimate of drug-likeness (QED) is 0.499. The zero-order chi connectivity index (χ0) is 16.0. The zero-order valence-corrected chi connectivity index (χ0v) is 12.4. The molecule has 0 atom stereocenters. The molecule has 8 heteroatoms. The Morgan fingerprint density at radius 1 is 1.48 bits per heavy atom. The predicted molar refractivity (Wildman–Crippen MR) is 75.1 cm³/mol. The lowest BCUT2D eigenvalue weighted by Gasteiger charge is -2.20. The van der Waals surface area contributed by atoms with Crippen LogP contribution in [0.4, 0.5) is 4.79 Å². The van der Waals surface area contributed by atoms with Crippen molar-refractivity contribution in [1.29, 1.82) is 0 Å². The van der Waals surface area contributed by atoms with E-state index in [1.54, 1.807) is 27.7 Å². The Labute approximate surface area is 122 Å². The minimum Gasteiger partial charge on any atom is -0.504 e. The maximum absolute atomic E-state index is 11.7. The highest BCUT2D eigenvalue weighted by molar-refractivity contribution is 5.88. The van der Waals surface area contributed by atoms with Gasteiger partial charge in [-0.1, -0.05) is 0 Å². The Bertz CT molecular complexity index is 542. The number of nitrogens with zero attached hydrogens (tertiary/aromatic N) is 2. The molecule has 0 saturated heterocycles. The van der Waals surface area contributed by atoms with Crippen molar-refractivity contribution in [2.75, 3.05) is 12.0 Å². The number of carbonyl (C=O) groups is 2. The molecule has 0 radical (unpaired) electrons. The molecular formula is C13H19N3O5. The summed E-state index contributed by atoms with van der Waals surface area (Å²) in [6.45, 7) is 7.00. The largest absolute Gasteiger partial charge is 0.504 e. The van der Waals surface area contributed by atoms with E-state index < -0.39 is 23.4 Å². The first-order valence-corrected chi connectivity index (χ1v) is 6.34. The molecule has 1 heterocycles. The maximum atomic E-state index is 11.7. The van der Waals surface area contributed by atoms with Crippen LogP contribution in [0.15, 0.2) is 18.5 Å². The van der Waals surface area contributed by atoms with Crippen LogP contribution >= 0.6 is 0 Å². The van der Waals surface area contributed by atoms with Crippen LogP contribution in [0.25, 0.3) is 5.76 Å². The smallest absolute Gasteiger partial charge is 0.427 e. The number of esters is 1. The highest BCUT2D eigenvalue weighted by Crippen LogP contribution is 2.10. The molecular weight excluding hydrogens is 278 g/mol. The van der Waals surface area contributed by atoms with Crippen molar-refractivity contribution in [3.63, 3.8) is 0 Å². The van der Waals surface area contributed by atoms with Crippen LogP contribution in [0, 0.1) is 0 Å². The number of nitrogens with one attached hydrogen (secondary N) is 1. The molecule has 2 N–H and O–H groups in total. The Morgan fingerprint density at radius 2 is 2.14 bits per heavy atom. The molecule has 21 heavy (non-hydrogen) atoms. The number of aromatic nitrogens is 2. The maximum Gasteiger partial charge on any atom is 0.427 e. The molecule has 8 nitrogen and oxygen atoms in total. The van der Waals surface area contributed by atoms with E-state index in [-0.39, 0.29) is 12.4 Å². The minimum atomic E-state index is -0.717. The van der Waals surface area contributed by atoms with Crippen LogP contribution in [0.3, 0.4) is 0 Å². The summed E-state index contributed by atoms with van der Waals surface area (Å²) >= 11 is 0. The number of ether oxygens (including phenoxy) is 2. The summed E-state index contributed by atoms with van der Waals surface area (Å²) in [5, 5.41) is 9.82. The molecule has 0 aliphatic heterocycles. The lowest BCUT2D eigenvalue weighted by atomic mass is 10.2. The number of hydrogen-bond donors (Lipinski definition) is 2. The lowest BCUT2D eigenvalue weighted by Crippen LogP contribution is -2.32. The van der Waals surface area contributed by atoms with Gasteiger partial charge in [0.25, 0.3) is 0 Å². The van der Waals surface area contributed by atoms with Crippen LogP contribution in [-0.2, 0) is 14.3 Å². The molecule has 116 valence electrons. The third-order valence-corrected chi connectivity index (χ3v) is 2.02. The third kappa shape index (κ3) is 5.55. The molecule has 1 aromatic heterocycles. The standard InChI is InChI=1S/C13H19N3O5/c1-5-20-10(18)8-9(17)11-14-6-7-16(11)15-12(19)21-13(2,3)4/h6-8,17H,5H2,1-4H3,(H,15,19)/b9-8-. The van der Waals surface area contributed by atoms with E-state index in [1.807, 2.05) is 0 Å². The van der Waals surface area contributed by atoms with Crippen molar-refractivity contribution >= 4 is 17.8 Å². The van der Waals surface area contributed by atoms with Gasteiger partial charge in [-0.25, -0.2) is 24.7 Å². The van der Waals surface area contributed by atoms with E-state index >= 15 is 0 Å². The number of imidazole rings is 1. The predicted octanol–water partition coefficient (Wildman–Crippen LogP) is 1.82. The van der Waals surface area contributed by atoms with Crippen LogP contribution in [0.5, 0.6) is 0 Å². The summed E-state index contributed by atoms with van der Waals surface area (Å²) in [4.78, 5) is 26.8.